The molecule has 0 saturated heterocycles. The summed E-state index contributed by atoms with van der Waals surface area (Å²) < 4.78 is 13.1. The van der Waals surface area contributed by atoms with E-state index in [1.807, 2.05) is 0 Å². The Bertz CT molecular complexity index is 335. The van der Waals surface area contributed by atoms with Crippen LogP contribution in [0.3, 0.4) is 0 Å². The Morgan fingerprint density at radius 3 is 2.67 bits per heavy atom. The molecule has 0 fully saturated rings. The summed E-state index contributed by atoms with van der Waals surface area (Å²) in [7, 11) is 0. The van der Waals surface area contributed by atoms with Gasteiger partial charge in [-0.05, 0) is 18.2 Å². The van der Waals surface area contributed by atoms with Gasteiger partial charge in [0.1, 0.15) is 11.9 Å². The lowest BCUT2D eigenvalue weighted by Gasteiger charge is -2.19. The quantitative estimate of drug-likeness (QED) is 0.464. The van der Waals surface area contributed by atoms with E-state index in [9.17, 15) is 14.6 Å². The van der Waals surface area contributed by atoms with Crippen LogP contribution in [0.1, 0.15) is 18.1 Å². The minimum absolute atomic E-state index is 0.122. The van der Waals surface area contributed by atoms with Crippen molar-refractivity contribution in [2.75, 3.05) is 11.5 Å². The molecule has 0 aromatic heterocycles. The Kier molecular flexibility index (Phi) is 4.38. The molecule has 0 radical (unpaired) electrons. The second-order valence-electron chi connectivity index (χ2n) is 3.27. The molecular formula is C10H14FNO2S. The van der Waals surface area contributed by atoms with Crippen LogP contribution in [0.15, 0.2) is 18.2 Å². The minimum atomic E-state index is -1.17. The van der Waals surface area contributed by atoms with E-state index in [0.717, 1.165) is 0 Å². The molecule has 5 heteroatoms. The molecular weight excluding hydrogens is 217 g/mol. The Balaban J connectivity index is 2.90. The number of nitrogen functional groups attached to an aromatic ring is 1. The second-order valence-corrected chi connectivity index (χ2v) is 3.71. The highest BCUT2D eigenvalue weighted by Crippen LogP contribution is 2.26. The van der Waals surface area contributed by atoms with E-state index in [1.54, 1.807) is 0 Å². The summed E-state index contributed by atoms with van der Waals surface area (Å²) in [5.41, 5.74) is 5.54. The lowest BCUT2D eigenvalue weighted by atomic mass is 10.0. The fourth-order valence-electron chi connectivity index (χ4n) is 1.31. The summed E-state index contributed by atoms with van der Waals surface area (Å²) in [6, 6.07) is 4.14. The van der Waals surface area contributed by atoms with Gasteiger partial charge in [0, 0.05) is 5.56 Å². The predicted molar refractivity (Wildman–Crippen MR) is 60.2 cm³/mol. The van der Waals surface area contributed by atoms with E-state index in [2.05, 4.69) is 12.6 Å². The lowest BCUT2D eigenvalue weighted by molar-refractivity contribution is 0.0175. The highest BCUT2D eigenvalue weighted by Gasteiger charge is 2.20. The molecule has 0 aliphatic heterocycles. The number of benzene rings is 1. The van der Waals surface area contributed by atoms with Gasteiger partial charge in [0.2, 0.25) is 0 Å². The van der Waals surface area contributed by atoms with Gasteiger partial charge in [-0.1, -0.05) is 12.1 Å². The summed E-state index contributed by atoms with van der Waals surface area (Å²) in [5, 5.41) is 19.2. The molecule has 0 aliphatic carbocycles. The molecule has 1 aromatic carbocycles. The molecule has 3 nitrogen and oxygen atoms in total. The third-order valence-corrected chi connectivity index (χ3v) is 2.45. The highest BCUT2D eigenvalue weighted by molar-refractivity contribution is 7.80. The van der Waals surface area contributed by atoms with Crippen molar-refractivity contribution in [2.24, 2.45) is 0 Å². The smallest absolute Gasteiger partial charge is 0.146 e. The van der Waals surface area contributed by atoms with Crippen LogP contribution >= 0.6 is 12.6 Å². The molecule has 0 aliphatic rings. The Morgan fingerprint density at radius 2 is 2.07 bits per heavy atom. The summed E-state index contributed by atoms with van der Waals surface area (Å²) in [4.78, 5) is 0. The predicted octanol–water partition coefficient (Wildman–Crippen LogP) is 1.12. The molecule has 1 rings (SSSR count). The number of aliphatic hydroxyl groups is 2. The largest absolute Gasteiger partial charge is 0.396 e. The lowest BCUT2D eigenvalue weighted by Crippen LogP contribution is -2.20. The number of hydrogen-bond acceptors (Lipinski definition) is 4. The van der Waals surface area contributed by atoms with Gasteiger partial charge in [-0.3, -0.25) is 0 Å². The van der Waals surface area contributed by atoms with Crippen molar-refractivity contribution in [2.45, 2.75) is 18.6 Å². The van der Waals surface area contributed by atoms with E-state index in [4.69, 9.17) is 5.73 Å². The van der Waals surface area contributed by atoms with Crippen LogP contribution in [0.4, 0.5) is 10.1 Å². The van der Waals surface area contributed by atoms with Crippen molar-refractivity contribution in [1.29, 1.82) is 0 Å². The van der Waals surface area contributed by atoms with Crippen molar-refractivity contribution in [3.05, 3.63) is 29.6 Å². The first-order chi connectivity index (χ1) is 7.07. The number of para-hydroxylation sites is 1. The highest BCUT2D eigenvalue weighted by atomic mass is 32.1. The van der Waals surface area contributed by atoms with E-state index in [1.165, 1.54) is 18.2 Å². The van der Waals surface area contributed by atoms with Gasteiger partial charge in [0.15, 0.2) is 0 Å². The average molecular weight is 231 g/mol. The van der Waals surface area contributed by atoms with E-state index < -0.39 is 18.0 Å². The number of nitrogens with two attached hydrogens (primary N) is 1. The molecule has 2 unspecified atom stereocenters. The number of hydrogen-bond donors (Lipinski definition) is 4. The van der Waals surface area contributed by atoms with Crippen LogP contribution in [0, 0.1) is 5.82 Å². The van der Waals surface area contributed by atoms with Crippen molar-refractivity contribution >= 4 is 18.3 Å². The van der Waals surface area contributed by atoms with E-state index in [0.29, 0.717) is 12.2 Å². The zero-order valence-electron chi connectivity index (χ0n) is 8.10. The summed E-state index contributed by atoms with van der Waals surface area (Å²) >= 11 is 3.94. The average Bonchev–Trinajstić information content (AvgIpc) is 2.21. The van der Waals surface area contributed by atoms with Crippen LogP contribution in [0.25, 0.3) is 0 Å². The zero-order chi connectivity index (χ0) is 11.4. The summed E-state index contributed by atoms with van der Waals surface area (Å²) in [6.45, 7) is 0. The molecule has 4 N–H and O–H groups in total. The van der Waals surface area contributed by atoms with Crippen LogP contribution < -0.4 is 5.73 Å². The van der Waals surface area contributed by atoms with Gasteiger partial charge in [0.25, 0.3) is 0 Å². The van der Waals surface area contributed by atoms with Crippen LogP contribution in [0.5, 0.6) is 0 Å². The maximum atomic E-state index is 13.1. The molecule has 84 valence electrons. The van der Waals surface area contributed by atoms with E-state index in [-0.39, 0.29) is 11.3 Å². The molecule has 1 aromatic rings. The molecule has 0 spiro atoms. The summed E-state index contributed by atoms with van der Waals surface area (Å²) in [6.07, 6.45) is -1.83. The monoisotopic (exact) mass is 231 g/mol. The second kappa shape index (κ2) is 5.34. The third-order valence-electron chi connectivity index (χ3n) is 2.19. The fourth-order valence-corrected chi connectivity index (χ4v) is 1.57. The standard InChI is InChI=1S/C10H14FNO2S/c11-7-3-1-2-6(9(7)12)10(14)8(13)4-5-15/h1-3,8,10,13-15H,4-5,12H2. The van der Waals surface area contributed by atoms with E-state index >= 15 is 0 Å². The fraction of sp³-hybridized carbons (Fsp3) is 0.400. The van der Waals surface area contributed by atoms with Crippen LogP contribution in [-0.4, -0.2) is 22.1 Å². The Labute approximate surface area is 93.1 Å². The molecule has 15 heavy (non-hydrogen) atoms. The first kappa shape index (κ1) is 12.3. The zero-order valence-corrected chi connectivity index (χ0v) is 8.99. The summed E-state index contributed by atoms with van der Waals surface area (Å²) in [5.74, 6) is -0.155. The Morgan fingerprint density at radius 1 is 1.40 bits per heavy atom. The molecule has 0 saturated carbocycles. The number of rotatable bonds is 4. The van der Waals surface area contributed by atoms with Crippen LogP contribution in [0.2, 0.25) is 0 Å². The van der Waals surface area contributed by atoms with Gasteiger partial charge in [0.05, 0.1) is 11.8 Å². The molecule has 2 atom stereocenters. The first-order valence-electron chi connectivity index (χ1n) is 4.58. The number of aliphatic hydroxyl groups excluding tert-OH is 2. The SMILES string of the molecule is Nc1c(F)cccc1C(O)C(O)CCS. The van der Waals surface area contributed by atoms with Crippen LogP contribution in [-0.2, 0) is 0 Å². The van der Waals surface area contributed by atoms with Gasteiger partial charge in [-0.25, -0.2) is 4.39 Å². The number of halogens is 1. The Hall–Kier alpha value is -0.780. The van der Waals surface area contributed by atoms with Crippen molar-refractivity contribution < 1.29 is 14.6 Å². The third kappa shape index (κ3) is 2.84. The topological polar surface area (TPSA) is 66.5 Å². The molecule has 0 heterocycles. The van der Waals surface area contributed by atoms with Gasteiger partial charge in [-0.15, -0.1) is 0 Å². The maximum absolute atomic E-state index is 13.1. The van der Waals surface area contributed by atoms with Gasteiger partial charge in [-0.2, -0.15) is 12.6 Å². The normalized spacial score (nSPS) is 14.9. The molecule has 0 amide bonds. The first-order valence-corrected chi connectivity index (χ1v) is 5.22. The number of thiol groups is 1. The van der Waals surface area contributed by atoms with Gasteiger partial charge >= 0.3 is 0 Å². The van der Waals surface area contributed by atoms with Crippen molar-refractivity contribution in [3.8, 4) is 0 Å². The van der Waals surface area contributed by atoms with Crippen molar-refractivity contribution in [3.63, 3.8) is 0 Å². The van der Waals surface area contributed by atoms with Gasteiger partial charge < -0.3 is 15.9 Å². The minimum Gasteiger partial charge on any atom is -0.396 e. The number of anilines is 1. The van der Waals surface area contributed by atoms with Crippen molar-refractivity contribution in [1.82, 2.24) is 0 Å². The maximum Gasteiger partial charge on any atom is 0.146 e. The molecule has 0 bridgehead atoms.